The molecule has 0 saturated carbocycles. The maximum Gasteiger partial charge on any atom is 0.254 e. The summed E-state index contributed by atoms with van der Waals surface area (Å²) in [5.41, 5.74) is 1.04. The Balaban J connectivity index is 1.96. The van der Waals surface area contributed by atoms with Crippen LogP contribution in [0.5, 0.6) is 5.88 Å². The van der Waals surface area contributed by atoms with E-state index >= 15 is 0 Å². The predicted octanol–water partition coefficient (Wildman–Crippen LogP) is 2.47. The summed E-state index contributed by atoms with van der Waals surface area (Å²) in [5, 5.41) is 13.1. The van der Waals surface area contributed by atoms with Crippen LogP contribution in [0.1, 0.15) is 17.4 Å². The molecule has 4 heteroatoms. The summed E-state index contributed by atoms with van der Waals surface area (Å²) in [6.07, 6.45) is 0.512. The normalized spacial score (nSPS) is 12.1. The van der Waals surface area contributed by atoms with Crippen molar-refractivity contribution in [1.29, 1.82) is 0 Å². The number of rotatable bonds is 5. The molecule has 1 heterocycles. The molecular weight excluding hydrogens is 218 g/mol. The molecular formula is C13H13NO3. The van der Waals surface area contributed by atoms with Crippen LogP contribution in [0, 0.1) is 0 Å². The highest BCUT2D eigenvalue weighted by atomic mass is 16.5. The molecule has 0 aliphatic heterocycles. The highest BCUT2D eigenvalue weighted by Gasteiger charge is 2.11. The van der Waals surface area contributed by atoms with Gasteiger partial charge in [-0.05, 0) is 10.7 Å². The quantitative estimate of drug-likeness (QED) is 0.803. The summed E-state index contributed by atoms with van der Waals surface area (Å²) in [7, 11) is 0. The minimum atomic E-state index is -0.850. The molecule has 1 N–H and O–H groups in total. The van der Waals surface area contributed by atoms with Crippen molar-refractivity contribution in [3.05, 3.63) is 60.4 Å². The Morgan fingerprint density at radius 1 is 1.41 bits per heavy atom. The van der Waals surface area contributed by atoms with Crippen molar-refractivity contribution >= 4 is 0 Å². The zero-order valence-corrected chi connectivity index (χ0v) is 9.24. The molecule has 0 fully saturated rings. The van der Waals surface area contributed by atoms with E-state index in [4.69, 9.17) is 9.26 Å². The second kappa shape index (κ2) is 5.32. The van der Waals surface area contributed by atoms with Crippen LogP contribution in [0.25, 0.3) is 0 Å². The molecule has 1 atom stereocenters. The van der Waals surface area contributed by atoms with Gasteiger partial charge in [-0.25, -0.2) is 0 Å². The summed E-state index contributed by atoms with van der Waals surface area (Å²) in [6.45, 7) is 3.87. The lowest BCUT2D eigenvalue weighted by molar-refractivity contribution is 0.181. The van der Waals surface area contributed by atoms with Crippen molar-refractivity contribution in [2.75, 3.05) is 0 Å². The lowest BCUT2D eigenvalue weighted by Crippen LogP contribution is -1.94. The Hall–Kier alpha value is -2.07. The van der Waals surface area contributed by atoms with Crippen molar-refractivity contribution in [2.45, 2.75) is 12.7 Å². The average Bonchev–Trinajstić information content (AvgIpc) is 2.85. The number of aromatic nitrogens is 1. The maximum atomic E-state index is 9.42. The minimum Gasteiger partial charge on any atom is -0.471 e. The third kappa shape index (κ3) is 2.95. The molecule has 2 aromatic rings. The molecule has 4 nitrogen and oxygen atoms in total. The summed E-state index contributed by atoms with van der Waals surface area (Å²) < 4.78 is 10.3. The van der Waals surface area contributed by atoms with Crippen LogP contribution < -0.4 is 4.74 Å². The van der Waals surface area contributed by atoms with Crippen LogP contribution >= 0.6 is 0 Å². The number of hydrogen-bond donors (Lipinski definition) is 1. The van der Waals surface area contributed by atoms with Crippen molar-refractivity contribution in [2.24, 2.45) is 0 Å². The second-order valence-electron chi connectivity index (χ2n) is 3.52. The van der Waals surface area contributed by atoms with Gasteiger partial charge in [0.2, 0.25) is 0 Å². The van der Waals surface area contributed by atoms with Crippen LogP contribution in [0.15, 0.2) is 53.6 Å². The monoisotopic (exact) mass is 231 g/mol. The maximum absolute atomic E-state index is 9.42. The Labute approximate surface area is 99.1 Å². The molecule has 0 spiro atoms. The van der Waals surface area contributed by atoms with E-state index in [-0.39, 0.29) is 0 Å². The number of aliphatic hydroxyl groups excluding tert-OH is 1. The first-order chi connectivity index (χ1) is 8.29. The van der Waals surface area contributed by atoms with Gasteiger partial charge in [-0.3, -0.25) is 0 Å². The Bertz CT molecular complexity index is 478. The van der Waals surface area contributed by atoms with Gasteiger partial charge in [0.1, 0.15) is 12.7 Å². The summed E-state index contributed by atoms with van der Waals surface area (Å²) in [4.78, 5) is 0. The molecule has 2 rings (SSSR count). The van der Waals surface area contributed by atoms with Gasteiger partial charge in [-0.1, -0.05) is 36.4 Å². The van der Waals surface area contributed by atoms with E-state index in [0.717, 1.165) is 5.56 Å². The SMILES string of the molecule is C=C[C@H](O)c1cc(OCc2ccccc2)no1. The van der Waals surface area contributed by atoms with E-state index in [1.807, 2.05) is 30.3 Å². The molecule has 0 unspecified atom stereocenters. The molecule has 0 bridgehead atoms. The molecule has 0 aliphatic rings. The second-order valence-corrected chi connectivity index (χ2v) is 3.52. The van der Waals surface area contributed by atoms with Gasteiger partial charge >= 0.3 is 0 Å². The Morgan fingerprint density at radius 3 is 2.88 bits per heavy atom. The fourth-order valence-corrected chi connectivity index (χ4v) is 1.33. The van der Waals surface area contributed by atoms with Gasteiger partial charge in [-0.15, -0.1) is 6.58 Å². The van der Waals surface area contributed by atoms with Gasteiger partial charge in [-0.2, -0.15) is 0 Å². The first-order valence-corrected chi connectivity index (χ1v) is 5.23. The first-order valence-electron chi connectivity index (χ1n) is 5.23. The van der Waals surface area contributed by atoms with E-state index < -0.39 is 6.10 Å². The van der Waals surface area contributed by atoms with E-state index in [1.165, 1.54) is 6.08 Å². The first kappa shape index (κ1) is 11.4. The van der Waals surface area contributed by atoms with Crippen LogP contribution in [0.3, 0.4) is 0 Å². The minimum absolute atomic E-state index is 0.322. The molecule has 0 radical (unpaired) electrons. The van der Waals surface area contributed by atoms with Gasteiger partial charge in [0.25, 0.3) is 5.88 Å². The Kier molecular flexibility index (Phi) is 3.57. The third-order valence-corrected chi connectivity index (χ3v) is 2.25. The fourth-order valence-electron chi connectivity index (χ4n) is 1.33. The van der Waals surface area contributed by atoms with Gasteiger partial charge in [0.15, 0.2) is 5.76 Å². The standard InChI is InChI=1S/C13H13NO3/c1-2-11(15)12-8-13(14-17-12)16-9-10-6-4-3-5-7-10/h2-8,11,15H,1,9H2/t11-/m0/s1. The summed E-state index contributed by atoms with van der Waals surface area (Å²) >= 11 is 0. The highest BCUT2D eigenvalue weighted by Crippen LogP contribution is 2.19. The van der Waals surface area contributed by atoms with E-state index in [2.05, 4.69) is 11.7 Å². The van der Waals surface area contributed by atoms with Gasteiger partial charge in [0.05, 0.1) is 0 Å². The van der Waals surface area contributed by atoms with Crippen LogP contribution in [0.2, 0.25) is 0 Å². The molecule has 88 valence electrons. The zero-order chi connectivity index (χ0) is 12.1. The number of hydrogen-bond acceptors (Lipinski definition) is 4. The lowest BCUT2D eigenvalue weighted by Gasteiger charge is -2.00. The molecule has 0 aliphatic carbocycles. The Morgan fingerprint density at radius 2 is 2.18 bits per heavy atom. The lowest BCUT2D eigenvalue weighted by atomic mass is 10.2. The van der Waals surface area contributed by atoms with E-state index in [0.29, 0.717) is 18.2 Å². The topological polar surface area (TPSA) is 55.5 Å². The van der Waals surface area contributed by atoms with Crippen molar-refractivity contribution in [3.63, 3.8) is 0 Å². The number of ether oxygens (including phenoxy) is 1. The molecule has 1 aromatic heterocycles. The average molecular weight is 231 g/mol. The van der Waals surface area contributed by atoms with Gasteiger partial charge < -0.3 is 14.4 Å². The number of benzene rings is 1. The van der Waals surface area contributed by atoms with E-state index in [1.54, 1.807) is 6.07 Å². The largest absolute Gasteiger partial charge is 0.471 e. The van der Waals surface area contributed by atoms with Crippen molar-refractivity contribution in [3.8, 4) is 5.88 Å². The molecule has 17 heavy (non-hydrogen) atoms. The van der Waals surface area contributed by atoms with Crippen molar-refractivity contribution < 1.29 is 14.4 Å². The van der Waals surface area contributed by atoms with Crippen molar-refractivity contribution in [1.82, 2.24) is 5.16 Å². The molecule has 1 aromatic carbocycles. The van der Waals surface area contributed by atoms with E-state index in [9.17, 15) is 5.11 Å². The number of aliphatic hydroxyl groups is 1. The molecule has 0 amide bonds. The predicted molar refractivity (Wildman–Crippen MR) is 62.4 cm³/mol. The van der Waals surface area contributed by atoms with Crippen LogP contribution in [-0.4, -0.2) is 10.3 Å². The molecule has 0 saturated heterocycles. The zero-order valence-electron chi connectivity index (χ0n) is 9.24. The highest BCUT2D eigenvalue weighted by molar-refractivity contribution is 5.18. The number of nitrogens with zero attached hydrogens (tertiary/aromatic N) is 1. The van der Waals surface area contributed by atoms with Gasteiger partial charge in [0, 0.05) is 6.07 Å². The van der Waals surface area contributed by atoms with Crippen LogP contribution in [-0.2, 0) is 6.61 Å². The summed E-state index contributed by atoms with van der Waals surface area (Å²) in [6, 6.07) is 11.3. The fraction of sp³-hybridized carbons (Fsp3) is 0.154. The third-order valence-electron chi connectivity index (χ3n) is 2.25. The summed E-state index contributed by atoms with van der Waals surface area (Å²) in [5.74, 6) is 0.674. The van der Waals surface area contributed by atoms with Crippen LogP contribution in [0.4, 0.5) is 0 Å². The smallest absolute Gasteiger partial charge is 0.254 e.